The highest BCUT2D eigenvalue weighted by Gasteiger charge is 2.28. The predicted octanol–water partition coefficient (Wildman–Crippen LogP) is 3.43. The van der Waals surface area contributed by atoms with Crippen LogP contribution in [0.1, 0.15) is 16.1 Å². The molecule has 0 saturated carbocycles. The Morgan fingerprint density at radius 1 is 1.21 bits per heavy atom. The molecule has 150 valence electrons. The number of amides is 1. The Morgan fingerprint density at radius 2 is 2.03 bits per heavy atom. The van der Waals surface area contributed by atoms with E-state index in [-0.39, 0.29) is 28.0 Å². The number of sulfonamides is 1. The number of benzene rings is 2. The number of nitrogens with one attached hydrogen (secondary N) is 1. The first-order chi connectivity index (χ1) is 13.9. The van der Waals surface area contributed by atoms with Gasteiger partial charge >= 0.3 is 0 Å². The lowest BCUT2D eigenvalue weighted by atomic mass is 10.1. The number of rotatable bonds is 5. The minimum atomic E-state index is -4.03. The first-order valence-electron chi connectivity index (χ1n) is 8.74. The Labute approximate surface area is 166 Å². The minimum Gasteiger partial charge on any atom is -0.494 e. The Morgan fingerprint density at radius 3 is 2.72 bits per heavy atom. The Hall–Kier alpha value is -3.33. The maximum Gasteiger partial charge on any atom is 0.293 e. The number of hydrogen-bond acceptors (Lipinski definition) is 5. The first kappa shape index (κ1) is 19.0. The van der Waals surface area contributed by atoms with E-state index >= 15 is 0 Å². The van der Waals surface area contributed by atoms with Gasteiger partial charge in [-0.3, -0.25) is 9.52 Å². The molecule has 1 aliphatic rings. The highest BCUT2D eigenvalue weighted by atomic mass is 32.2. The minimum absolute atomic E-state index is 0.0476. The van der Waals surface area contributed by atoms with Crippen LogP contribution in [-0.4, -0.2) is 28.0 Å². The summed E-state index contributed by atoms with van der Waals surface area (Å²) in [7, 11) is -2.73. The van der Waals surface area contributed by atoms with Crippen LogP contribution >= 0.6 is 0 Å². The van der Waals surface area contributed by atoms with Crippen molar-refractivity contribution < 1.29 is 26.8 Å². The maximum absolute atomic E-state index is 13.9. The largest absolute Gasteiger partial charge is 0.494 e. The van der Waals surface area contributed by atoms with Crippen LogP contribution in [0.25, 0.3) is 0 Å². The Balaban J connectivity index is 1.61. The molecule has 0 saturated heterocycles. The van der Waals surface area contributed by atoms with E-state index in [2.05, 4.69) is 4.72 Å². The molecule has 0 bridgehead atoms. The van der Waals surface area contributed by atoms with Crippen molar-refractivity contribution in [2.75, 3.05) is 23.3 Å². The zero-order valence-electron chi connectivity index (χ0n) is 15.4. The number of ether oxygens (including phenoxy) is 1. The van der Waals surface area contributed by atoms with Crippen molar-refractivity contribution in [3.63, 3.8) is 0 Å². The van der Waals surface area contributed by atoms with Gasteiger partial charge in [0, 0.05) is 12.2 Å². The molecule has 3 aromatic rings. The molecule has 0 unspecified atom stereocenters. The summed E-state index contributed by atoms with van der Waals surface area (Å²) in [5.41, 5.74) is 1.79. The van der Waals surface area contributed by atoms with E-state index in [0.717, 1.165) is 11.6 Å². The second-order valence-corrected chi connectivity index (χ2v) is 8.11. The molecule has 2 aromatic carbocycles. The summed E-state index contributed by atoms with van der Waals surface area (Å²) in [6, 6.07) is 11.5. The molecule has 0 fully saturated rings. The number of carbonyl (C=O) groups is 1. The molecule has 7 nitrogen and oxygen atoms in total. The quantitative estimate of drug-likeness (QED) is 0.688. The number of anilines is 2. The fraction of sp³-hybridized carbons (Fsp3) is 0.150. The van der Waals surface area contributed by atoms with Crippen LogP contribution < -0.4 is 14.4 Å². The number of hydrogen-bond donors (Lipinski definition) is 1. The third-order valence-corrected chi connectivity index (χ3v) is 6.02. The van der Waals surface area contributed by atoms with E-state index in [1.54, 1.807) is 35.2 Å². The first-order valence-corrected chi connectivity index (χ1v) is 10.2. The average molecular weight is 416 g/mol. The molecule has 0 aliphatic carbocycles. The number of nitrogens with zero attached hydrogens (tertiary/aromatic N) is 1. The van der Waals surface area contributed by atoms with E-state index in [1.165, 1.54) is 25.5 Å². The van der Waals surface area contributed by atoms with Crippen LogP contribution in [0, 0.1) is 5.82 Å². The zero-order valence-corrected chi connectivity index (χ0v) is 16.2. The van der Waals surface area contributed by atoms with Crippen LogP contribution in [0.3, 0.4) is 0 Å². The van der Waals surface area contributed by atoms with E-state index in [0.29, 0.717) is 18.7 Å². The summed E-state index contributed by atoms with van der Waals surface area (Å²) in [5.74, 6) is -0.920. The molecule has 4 rings (SSSR count). The lowest BCUT2D eigenvalue weighted by molar-refractivity contribution is 0.0963. The van der Waals surface area contributed by atoms with Crippen LogP contribution in [0.15, 0.2) is 64.1 Å². The van der Waals surface area contributed by atoms with Crippen molar-refractivity contribution >= 4 is 27.3 Å². The fourth-order valence-electron chi connectivity index (χ4n) is 3.22. The normalized spacial score (nSPS) is 13.2. The van der Waals surface area contributed by atoms with Crippen molar-refractivity contribution in [1.29, 1.82) is 0 Å². The van der Waals surface area contributed by atoms with Gasteiger partial charge in [0.1, 0.15) is 0 Å². The summed E-state index contributed by atoms with van der Waals surface area (Å²) in [6.45, 7) is 0.467. The van der Waals surface area contributed by atoms with Crippen LogP contribution in [0.4, 0.5) is 15.8 Å². The molecule has 1 aromatic heterocycles. The van der Waals surface area contributed by atoms with Crippen molar-refractivity contribution in [2.24, 2.45) is 0 Å². The zero-order chi connectivity index (χ0) is 20.6. The molecular weight excluding hydrogens is 399 g/mol. The Kier molecular flexibility index (Phi) is 4.75. The molecule has 9 heteroatoms. The van der Waals surface area contributed by atoms with Gasteiger partial charge in [0.2, 0.25) is 0 Å². The van der Waals surface area contributed by atoms with Crippen molar-refractivity contribution in [2.45, 2.75) is 11.3 Å². The summed E-state index contributed by atoms with van der Waals surface area (Å²) < 4.78 is 51.6. The second-order valence-electron chi connectivity index (χ2n) is 6.43. The highest BCUT2D eigenvalue weighted by molar-refractivity contribution is 7.92. The van der Waals surface area contributed by atoms with E-state index in [9.17, 15) is 17.6 Å². The lowest BCUT2D eigenvalue weighted by Gasteiger charge is -2.17. The van der Waals surface area contributed by atoms with Gasteiger partial charge in [0.25, 0.3) is 15.9 Å². The molecule has 0 radical (unpaired) electrons. The van der Waals surface area contributed by atoms with E-state index in [1.807, 2.05) is 0 Å². The molecule has 1 aliphatic heterocycles. The summed E-state index contributed by atoms with van der Waals surface area (Å²) >= 11 is 0. The third kappa shape index (κ3) is 3.56. The molecule has 2 heterocycles. The number of furan rings is 1. The van der Waals surface area contributed by atoms with Crippen LogP contribution in [0.5, 0.6) is 5.75 Å². The van der Waals surface area contributed by atoms with Crippen LogP contribution in [0.2, 0.25) is 0 Å². The van der Waals surface area contributed by atoms with Crippen molar-refractivity contribution in [1.82, 2.24) is 0 Å². The highest BCUT2D eigenvalue weighted by Crippen LogP contribution is 2.33. The summed E-state index contributed by atoms with van der Waals surface area (Å²) in [5, 5.41) is 0. The van der Waals surface area contributed by atoms with Gasteiger partial charge in [0.05, 0.1) is 24.0 Å². The van der Waals surface area contributed by atoms with Crippen molar-refractivity contribution in [3.05, 3.63) is 71.9 Å². The monoisotopic (exact) mass is 416 g/mol. The molecule has 1 amide bonds. The Bertz CT molecular complexity index is 1180. The molecule has 0 spiro atoms. The van der Waals surface area contributed by atoms with Crippen LogP contribution in [-0.2, 0) is 16.4 Å². The van der Waals surface area contributed by atoms with Gasteiger partial charge in [0.15, 0.2) is 17.3 Å². The molecule has 0 atom stereocenters. The number of fused-ring (bicyclic) bond motifs is 1. The van der Waals surface area contributed by atoms with Gasteiger partial charge in [-0.05, 0) is 54.4 Å². The SMILES string of the molecule is COc1ccc(S(=O)(=O)Nc2ccc3c(c2)N(C(=O)c2ccco2)CC3)cc1F. The molecule has 29 heavy (non-hydrogen) atoms. The standard InChI is InChI=1S/C20H17FN2O5S/c1-27-18-7-6-15(12-16(18)21)29(25,26)22-14-5-4-13-8-9-23(17(13)11-14)20(24)19-3-2-10-28-19/h2-7,10-12,22H,8-9H2,1H3. The topological polar surface area (TPSA) is 88.9 Å². The molecular formula is C20H17FN2O5S. The molecule has 1 N–H and O–H groups in total. The van der Waals surface area contributed by atoms with Gasteiger partial charge in [-0.25, -0.2) is 12.8 Å². The lowest BCUT2D eigenvalue weighted by Crippen LogP contribution is -2.28. The van der Waals surface area contributed by atoms with Gasteiger partial charge in [-0.15, -0.1) is 0 Å². The van der Waals surface area contributed by atoms with Crippen molar-refractivity contribution in [3.8, 4) is 5.75 Å². The third-order valence-electron chi connectivity index (χ3n) is 4.64. The number of methoxy groups -OCH3 is 1. The second kappa shape index (κ2) is 7.25. The van der Waals surface area contributed by atoms with Gasteiger partial charge in [-0.1, -0.05) is 6.07 Å². The predicted molar refractivity (Wildman–Crippen MR) is 104 cm³/mol. The smallest absolute Gasteiger partial charge is 0.293 e. The van der Waals surface area contributed by atoms with E-state index in [4.69, 9.17) is 9.15 Å². The summed E-state index contributed by atoms with van der Waals surface area (Å²) in [4.78, 5) is 13.9. The average Bonchev–Trinajstić information content (AvgIpc) is 3.37. The number of carbonyl (C=O) groups excluding carboxylic acids is 1. The maximum atomic E-state index is 13.9. The van der Waals surface area contributed by atoms with Gasteiger partial charge < -0.3 is 14.1 Å². The fourth-order valence-corrected chi connectivity index (χ4v) is 4.28. The number of halogens is 1. The van der Waals surface area contributed by atoms with E-state index < -0.39 is 15.8 Å². The summed E-state index contributed by atoms with van der Waals surface area (Å²) in [6.07, 6.45) is 2.07. The van der Waals surface area contributed by atoms with Gasteiger partial charge in [-0.2, -0.15) is 0 Å².